The molecule has 186 valence electrons. The number of thiol groups is 1. The van der Waals surface area contributed by atoms with Crippen molar-refractivity contribution in [3.63, 3.8) is 0 Å². The van der Waals surface area contributed by atoms with Crippen LogP contribution in [0.1, 0.15) is 64.0 Å². The van der Waals surface area contributed by atoms with Crippen LogP contribution >= 0.6 is 0 Å². The first-order chi connectivity index (χ1) is 17.1. The number of nitrogens with zero attached hydrogens (tertiary/aromatic N) is 3. The summed E-state index contributed by atoms with van der Waals surface area (Å²) < 4.78 is 5.89. The molecule has 3 aliphatic carbocycles. The second-order valence-electron chi connectivity index (χ2n) is 10.6. The van der Waals surface area contributed by atoms with Crippen LogP contribution in [0.4, 0.5) is 16.3 Å². The SMILES string of the molecule is C[C@H]1COCCN1c1cc(C2([SH+]C3CCCC3)CC2)nc(-c2ccc(NC(=O)NC3CC3)cc2)n1. The highest BCUT2D eigenvalue weighted by Gasteiger charge is 2.56. The Morgan fingerprint density at radius 1 is 1.11 bits per heavy atom. The van der Waals surface area contributed by atoms with Gasteiger partial charge in [0.1, 0.15) is 16.8 Å². The first-order valence-corrected chi connectivity index (χ1v) is 14.2. The number of hydrogen-bond acceptors (Lipinski definition) is 5. The summed E-state index contributed by atoms with van der Waals surface area (Å²) in [5.74, 6) is 1.79. The summed E-state index contributed by atoms with van der Waals surface area (Å²) in [6, 6.07) is 10.7. The number of aromatic nitrogens is 2. The average Bonchev–Trinajstić information content (AvgIpc) is 3.78. The number of anilines is 2. The molecule has 0 spiro atoms. The minimum absolute atomic E-state index is 0.135. The van der Waals surface area contributed by atoms with Gasteiger partial charge in [0.15, 0.2) is 10.6 Å². The first kappa shape index (κ1) is 23.1. The summed E-state index contributed by atoms with van der Waals surface area (Å²) >= 11 is 1.56. The predicted octanol–water partition coefficient (Wildman–Crippen LogP) is 4.40. The van der Waals surface area contributed by atoms with Crippen molar-refractivity contribution in [3.05, 3.63) is 36.0 Å². The minimum Gasteiger partial charge on any atom is -0.377 e. The lowest BCUT2D eigenvalue weighted by atomic mass is 10.1. The van der Waals surface area contributed by atoms with Crippen LogP contribution in [0.2, 0.25) is 0 Å². The fourth-order valence-corrected chi connectivity index (χ4v) is 7.19. The highest BCUT2D eigenvalue weighted by atomic mass is 32.2. The van der Waals surface area contributed by atoms with E-state index in [2.05, 4.69) is 28.5 Å². The van der Waals surface area contributed by atoms with Gasteiger partial charge in [-0.2, -0.15) is 0 Å². The molecule has 1 aromatic carbocycles. The zero-order valence-electron chi connectivity index (χ0n) is 20.5. The van der Waals surface area contributed by atoms with Gasteiger partial charge in [0.2, 0.25) is 0 Å². The topological polar surface area (TPSA) is 79.4 Å². The number of nitrogens with one attached hydrogen (secondary N) is 2. The van der Waals surface area contributed by atoms with Crippen molar-refractivity contribution in [1.29, 1.82) is 0 Å². The van der Waals surface area contributed by atoms with Crippen molar-refractivity contribution in [2.45, 2.75) is 80.4 Å². The number of urea groups is 1. The highest BCUT2D eigenvalue weighted by molar-refractivity contribution is 7.80. The van der Waals surface area contributed by atoms with Crippen LogP contribution in [0.3, 0.4) is 0 Å². The Balaban J connectivity index is 1.28. The Kier molecular flexibility index (Phi) is 6.35. The lowest BCUT2D eigenvalue weighted by molar-refractivity contribution is 0.0985. The second-order valence-corrected chi connectivity index (χ2v) is 12.4. The molecule has 1 aromatic heterocycles. The molecule has 2 heterocycles. The Morgan fingerprint density at radius 3 is 2.57 bits per heavy atom. The molecule has 2 aromatic rings. The van der Waals surface area contributed by atoms with E-state index in [0.29, 0.717) is 12.1 Å². The van der Waals surface area contributed by atoms with E-state index in [9.17, 15) is 4.79 Å². The maximum absolute atomic E-state index is 12.1. The van der Waals surface area contributed by atoms with Crippen molar-refractivity contribution in [1.82, 2.24) is 15.3 Å². The molecule has 2 amide bonds. The lowest BCUT2D eigenvalue weighted by Gasteiger charge is -2.34. The van der Waals surface area contributed by atoms with Crippen LogP contribution in [-0.4, -0.2) is 53.1 Å². The summed E-state index contributed by atoms with van der Waals surface area (Å²) in [7, 11) is 0. The molecule has 35 heavy (non-hydrogen) atoms. The van der Waals surface area contributed by atoms with Crippen LogP contribution in [0, 0.1) is 0 Å². The summed E-state index contributed by atoms with van der Waals surface area (Å²) in [5, 5.41) is 6.71. The molecule has 3 saturated carbocycles. The Labute approximate surface area is 211 Å². The van der Waals surface area contributed by atoms with Gasteiger partial charge in [0, 0.05) is 42.7 Å². The van der Waals surface area contributed by atoms with Crippen LogP contribution in [0.25, 0.3) is 11.4 Å². The molecule has 7 nitrogen and oxygen atoms in total. The van der Waals surface area contributed by atoms with E-state index in [0.717, 1.165) is 60.7 Å². The van der Waals surface area contributed by atoms with Crippen LogP contribution < -0.4 is 15.5 Å². The van der Waals surface area contributed by atoms with E-state index < -0.39 is 0 Å². The van der Waals surface area contributed by atoms with E-state index in [1.54, 1.807) is 11.8 Å². The molecule has 0 radical (unpaired) electrons. The standard InChI is InChI=1S/C27H35N5O2S/c1-18-17-34-15-14-32(18)24-16-23(27(12-13-27)35-22-4-2-3-5-22)30-25(31-24)19-6-8-20(9-7-19)28-26(33)29-21-10-11-21/h6-9,16,18,21-22H,2-5,10-15,17H2,1H3,(H2,28,29,33)/p+1/t18-/m0/s1. The number of carbonyl (C=O) groups excluding carboxylic acids is 1. The van der Waals surface area contributed by atoms with Gasteiger partial charge in [0.25, 0.3) is 0 Å². The molecule has 2 N–H and O–H groups in total. The number of rotatable bonds is 7. The van der Waals surface area contributed by atoms with E-state index in [4.69, 9.17) is 14.7 Å². The summed E-state index contributed by atoms with van der Waals surface area (Å²) in [6.45, 7) is 4.51. The van der Waals surface area contributed by atoms with E-state index in [1.807, 2.05) is 24.3 Å². The molecule has 4 aliphatic rings. The van der Waals surface area contributed by atoms with Gasteiger partial charge in [-0.05, 0) is 81.5 Å². The lowest BCUT2D eigenvalue weighted by Crippen LogP contribution is -2.44. The summed E-state index contributed by atoms with van der Waals surface area (Å²) in [4.78, 5) is 24.7. The molecule has 0 bridgehead atoms. The number of amides is 2. The third-order valence-electron chi connectivity index (χ3n) is 7.64. The van der Waals surface area contributed by atoms with Crippen molar-refractivity contribution < 1.29 is 9.53 Å². The third-order valence-corrected chi connectivity index (χ3v) is 9.69. The number of carbonyl (C=O) groups is 1. The second kappa shape index (κ2) is 9.62. The number of hydrogen-bond donors (Lipinski definition) is 2. The van der Waals surface area contributed by atoms with Gasteiger partial charge >= 0.3 is 6.03 Å². The fourth-order valence-electron chi connectivity index (χ4n) is 5.25. The fraction of sp³-hybridized carbons (Fsp3) is 0.593. The van der Waals surface area contributed by atoms with Gasteiger partial charge in [-0.1, -0.05) is 0 Å². The maximum atomic E-state index is 12.1. The maximum Gasteiger partial charge on any atom is 0.319 e. The van der Waals surface area contributed by atoms with Crippen molar-refractivity contribution in [3.8, 4) is 11.4 Å². The van der Waals surface area contributed by atoms with Gasteiger partial charge in [-0.3, -0.25) is 0 Å². The quantitative estimate of drug-likeness (QED) is 0.441. The van der Waals surface area contributed by atoms with Gasteiger partial charge in [-0.15, -0.1) is 0 Å². The van der Waals surface area contributed by atoms with Gasteiger partial charge in [0.05, 0.1) is 19.3 Å². The van der Waals surface area contributed by atoms with E-state index >= 15 is 0 Å². The van der Waals surface area contributed by atoms with Crippen LogP contribution in [0.15, 0.2) is 30.3 Å². The van der Waals surface area contributed by atoms with Crippen molar-refractivity contribution >= 4 is 29.3 Å². The van der Waals surface area contributed by atoms with Gasteiger partial charge in [-0.25, -0.2) is 14.8 Å². The van der Waals surface area contributed by atoms with Crippen LogP contribution in [0.5, 0.6) is 0 Å². The van der Waals surface area contributed by atoms with Crippen molar-refractivity contribution in [2.24, 2.45) is 0 Å². The zero-order chi connectivity index (χ0) is 23.8. The molecule has 1 aliphatic heterocycles. The molecule has 1 atom stereocenters. The summed E-state index contributed by atoms with van der Waals surface area (Å²) in [6.07, 6.45) is 10.1. The average molecular weight is 495 g/mol. The molecule has 1 saturated heterocycles. The van der Waals surface area contributed by atoms with Crippen molar-refractivity contribution in [2.75, 3.05) is 30.0 Å². The van der Waals surface area contributed by atoms with E-state index in [-0.39, 0.29) is 10.8 Å². The highest BCUT2D eigenvalue weighted by Crippen LogP contribution is 2.52. The minimum atomic E-state index is -0.135. The third kappa shape index (κ3) is 5.28. The molecular weight excluding hydrogens is 458 g/mol. The van der Waals surface area contributed by atoms with Crippen LogP contribution in [-0.2, 0) is 21.2 Å². The Hall–Kier alpha value is -2.32. The largest absolute Gasteiger partial charge is 0.377 e. The molecule has 6 rings (SSSR count). The van der Waals surface area contributed by atoms with Gasteiger partial charge < -0.3 is 20.3 Å². The molecular formula is C27H36N5O2S+. The van der Waals surface area contributed by atoms with E-state index in [1.165, 1.54) is 44.2 Å². The first-order valence-electron chi connectivity index (χ1n) is 13.2. The number of ether oxygens (including phenoxy) is 1. The molecule has 4 fully saturated rings. The Morgan fingerprint density at radius 2 is 1.89 bits per heavy atom. The normalized spacial score (nSPS) is 23.8. The smallest absolute Gasteiger partial charge is 0.319 e. The number of morpholine rings is 1. The molecule has 0 unspecified atom stereocenters. The predicted molar refractivity (Wildman–Crippen MR) is 142 cm³/mol. The Bertz CT molecular complexity index is 1060. The zero-order valence-corrected chi connectivity index (χ0v) is 21.4. The molecule has 8 heteroatoms. The number of benzene rings is 1. The monoisotopic (exact) mass is 494 g/mol. The summed E-state index contributed by atoms with van der Waals surface area (Å²) in [5.41, 5.74) is 2.97.